The zero-order valence-corrected chi connectivity index (χ0v) is 29.7. The number of hydrogen-bond acceptors (Lipinski definition) is 8. The zero-order valence-electron chi connectivity index (χ0n) is 28.9. The van der Waals surface area contributed by atoms with Crippen LogP contribution in [0, 0.1) is 16.7 Å². The number of aliphatic imine (C=N–C) groups is 1. The Morgan fingerprint density at radius 3 is 2.34 bits per heavy atom. The van der Waals surface area contributed by atoms with Crippen LogP contribution in [0.15, 0.2) is 58.4 Å². The van der Waals surface area contributed by atoms with Gasteiger partial charge in [-0.3, -0.25) is 14.6 Å². The molecule has 0 aliphatic carbocycles. The van der Waals surface area contributed by atoms with E-state index in [1.165, 1.54) is 0 Å². The molecule has 4 rings (SSSR count). The second-order valence-electron chi connectivity index (χ2n) is 14.7. The van der Waals surface area contributed by atoms with E-state index >= 15 is 0 Å². The molecule has 1 aliphatic rings. The number of carbonyl (C=O) groups excluding carboxylic acids is 2. The molecule has 3 atom stereocenters. The van der Waals surface area contributed by atoms with E-state index in [2.05, 4.69) is 74.4 Å². The van der Waals surface area contributed by atoms with E-state index in [0.29, 0.717) is 35.7 Å². The third-order valence-corrected chi connectivity index (χ3v) is 10.8. The first kappa shape index (κ1) is 35.9. The van der Waals surface area contributed by atoms with Crippen LogP contribution in [0.25, 0.3) is 0 Å². The molecule has 0 fully saturated rings. The van der Waals surface area contributed by atoms with Gasteiger partial charge in [0.05, 0.1) is 23.2 Å². The van der Waals surface area contributed by atoms with Crippen LogP contribution in [-0.2, 0) is 21.2 Å². The monoisotopic (exact) mass is 663 g/mol. The molecule has 1 aromatic heterocycles. The number of nitrogens with zero attached hydrogens (tertiary/aromatic N) is 5. The molecule has 1 aliphatic heterocycles. The summed E-state index contributed by atoms with van der Waals surface area (Å²) in [5, 5.41) is 16.4. The lowest BCUT2D eigenvalue weighted by Crippen LogP contribution is -2.40. The molecule has 2 amide bonds. The Morgan fingerprint density at radius 2 is 1.74 bits per heavy atom. The SMILES string of the molecule is CCS(=O)(=O)c1cccc(C2=NC(CCC(C)C(C)(C)C)N([C@H](CCC(C)(C)C)c3ccc(C(=O)NCc4nn[nH]n4)cc3)C2=O)c1. The number of H-pyrrole nitrogens is 1. The van der Waals surface area contributed by atoms with Crippen LogP contribution < -0.4 is 5.32 Å². The van der Waals surface area contributed by atoms with Gasteiger partial charge < -0.3 is 10.2 Å². The number of benzene rings is 2. The Bertz CT molecular complexity index is 1670. The van der Waals surface area contributed by atoms with Crippen LogP contribution in [0.3, 0.4) is 0 Å². The van der Waals surface area contributed by atoms with Crippen molar-refractivity contribution < 1.29 is 18.0 Å². The summed E-state index contributed by atoms with van der Waals surface area (Å²) in [6.07, 6.45) is 2.65. The summed E-state index contributed by atoms with van der Waals surface area (Å²) in [6, 6.07) is 13.6. The molecule has 0 spiro atoms. The van der Waals surface area contributed by atoms with Crippen LogP contribution in [0.2, 0.25) is 0 Å². The molecule has 2 heterocycles. The van der Waals surface area contributed by atoms with E-state index in [-0.39, 0.29) is 51.6 Å². The first-order valence-electron chi connectivity index (χ1n) is 16.3. The third kappa shape index (κ3) is 9.12. The third-order valence-electron chi connectivity index (χ3n) is 9.08. The average molecular weight is 664 g/mol. The first-order chi connectivity index (χ1) is 22.0. The Balaban J connectivity index is 1.70. The number of carbonyl (C=O) groups is 2. The Labute approximate surface area is 278 Å². The molecule has 0 saturated heterocycles. The summed E-state index contributed by atoms with van der Waals surface area (Å²) < 4.78 is 25.4. The molecule has 11 nitrogen and oxygen atoms in total. The van der Waals surface area contributed by atoms with Crippen molar-refractivity contribution in [2.24, 2.45) is 21.7 Å². The lowest BCUT2D eigenvalue weighted by atomic mass is 9.79. The minimum Gasteiger partial charge on any atom is -0.345 e. The van der Waals surface area contributed by atoms with Gasteiger partial charge in [-0.2, -0.15) is 5.21 Å². The van der Waals surface area contributed by atoms with Gasteiger partial charge in [0.25, 0.3) is 11.8 Å². The zero-order chi connectivity index (χ0) is 34.6. The van der Waals surface area contributed by atoms with Crippen LogP contribution in [0.5, 0.6) is 0 Å². The number of hydrogen-bond donors (Lipinski definition) is 2. The van der Waals surface area contributed by atoms with Crippen molar-refractivity contribution in [3.05, 3.63) is 71.0 Å². The van der Waals surface area contributed by atoms with Crippen LogP contribution in [0.4, 0.5) is 0 Å². The van der Waals surface area contributed by atoms with Crippen molar-refractivity contribution >= 4 is 27.4 Å². The predicted molar refractivity (Wildman–Crippen MR) is 182 cm³/mol. The van der Waals surface area contributed by atoms with E-state index in [0.717, 1.165) is 18.4 Å². The van der Waals surface area contributed by atoms with Crippen LogP contribution >= 0.6 is 0 Å². The maximum atomic E-state index is 14.5. The molecule has 2 unspecified atom stereocenters. The molecule has 2 aromatic carbocycles. The summed E-state index contributed by atoms with van der Waals surface area (Å²) in [4.78, 5) is 34.4. The van der Waals surface area contributed by atoms with Gasteiger partial charge in [0, 0.05) is 11.1 Å². The van der Waals surface area contributed by atoms with E-state index in [1.54, 1.807) is 43.3 Å². The minimum absolute atomic E-state index is 0.0127. The standard InChI is InChI=1S/C35H49N7O4S/c1-9-47(45,46)27-12-10-11-26(21-27)31-33(44)42(30(37-31)18-13-23(2)35(6,7)8)28(19-20-34(3,4)5)24-14-16-25(17-15-24)32(43)36-22-29-38-40-41-39-29/h10-12,14-17,21,23,28,30H,9,13,18-20,22H2,1-8H3,(H,36,43)(H,38,39,40,41)/t23?,28-,30?/m1/s1. The summed E-state index contributed by atoms with van der Waals surface area (Å²) >= 11 is 0. The molecule has 254 valence electrons. The molecular formula is C35H49N7O4S. The van der Waals surface area contributed by atoms with Gasteiger partial charge in [-0.05, 0) is 72.3 Å². The highest BCUT2D eigenvalue weighted by molar-refractivity contribution is 7.91. The van der Waals surface area contributed by atoms with E-state index in [4.69, 9.17) is 4.99 Å². The smallest absolute Gasteiger partial charge is 0.274 e. The molecule has 0 radical (unpaired) electrons. The fourth-order valence-corrected chi connectivity index (χ4v) is 6.45. The lowest BCUT2D eigenvalue weighted by Gasteiger charge is -2.35. The lowest BCUT2D eigenvalue weighted by molar-refractivity contribution is -0.127. The van der Waals surface area contributed by atoms with Crippen molar-refractivity contribution in [3.63, 3.8) is 0 Å². The largest absolute Gasteiger partial charge is 0.345 e. The number of aromatic amines is 1. The fraction of sp³-hybridized carbons (Fsp3) is 0.543. The minimum atomic E-state index is -3.47. The van der Waals surface area contributed by atoms with Crippen LogP contribution in [-0.4, -0.2) is 63.4 Å². The van der Waals surface area contributed by atoms with Crippen molar-refractivity contribution in [2.75, 3.05) is 5.75 Å². The predicted octanol–water partition coefficient (Wildman–Crippen LogP) is 5.91. The first-order valence-corrected chi connectivity index (χ1v) is 18.0. The fourth-order valence-electron chi connectivity index (χ4n) is 5.52. The molecule has 2 N–H and O–H groups in total. The van der Waals surface area contributed by atoms with E-state index < -0.39 is 16.0 Å². The highest BCUT2D eigenvalue weighted by atomic mass is 32.2. The molecule has 12 heteroatoms. The number of aromatic nitrogens is 4. The maximum Gasteiger partial charge on any atom is 0.274 e. The van der Waals surface area contributed by atoms with Crippen molar-refractivity contribution in [2.45, 2.75) is 105 Å². The van der Waals surface area contributed by atoms with Crippen LogP contribution in [0.1, 0.15) is 114 Å². The Kier molecular flexibility index (Phi) is 11.0. The molecule has 47 heavy (non-hydrogen) atoms. The number of amides is 2. The van der Waals surface area contributed by atoms with Crippen molar-refractivity contribution in [1.29, 1.82) is 0 Å². The Hall–Kier alpha value is -3.93. The summed E-state index contributed by atoms with van der Waals surface area (Å²) in [7, 11) is -3.47. The van der Waals surface area contributed by atoms with Gasteiger partial charge in [-0.15, -0.1) is 10.2 Å². The second-order valence-corrected chi connectivity index (χ2v) is 17.0. The average Bonchev–Trinajstić information content (AvgIpc) is 3.66. The van der Waals surface area contributed by atoms with Gasteiger partial charge in [-0.25, -0.2) is 8.42 Å². The highest BCUT2D eigenvalue weighted by Crippen LogP contribution is 2.38. The number of nitrogens with one attached hydrogen (secondary N) is 2. The quantitative estimate of drug-likeness (QED) is 0.231. The van der Waals surface area contributed by atoms with Crippen molar-refractivity contribution in [1.82, 2.24) is 30.8 Å². The summed E-state index contributed by atoms with van der Waals surface area (Å²) in [6.45, 7) is 17.2. The highest BCUT2D eigenvalue weighted by Gasteiger charge is 2.40. The number of sulfone groups is 1. The number of rotatable bonds is 13. The van der Waals surface area contributed by atoms with Gasteiger partial charge in [0.15, 0.2) is 15.7 Å². The van der Waals surface area contributed by atoms with E-state index in [9.17, 15) is 18.0 Å². The van der Waals surface area contributed by atoms with Gasteiger partial charge >= 0.3 is 0 Å². The molecule has 0 bridgehead atoms. The molecule has 3 aromatic rings. The second kappa shape index (κ2) is 14.5. The molecular weight excluding hydrogens is 614 g/mol. The Morgan fingerprint density at radius 1 is 1.04 bits per heavy atom. The van der Waals surface area contributed by atoms with Gasteiger partial charge in [0.2, 0.25) is 0 Å². The maximum absolute atomic E-state index is 14.5. The summed E-state index contributed by atoms with van der Waals surface area (Å²) in [5.41, 5.74) is 2.27. The van der Waals surface area contributed by atoms with E-state index in [1.807, 2.05) is 17.0 Å². The van der Waals surface area contributed by atoms with Gasteiger partial charge in [-0.1, -0.05) is 84.9 Å². The van der Waals surface area contributed by atoms with Crippen molar-refractivity contribution in [3.8, 4) is 0 Å². The number of tetrazole rings is 1. The topological polar surface area (TPSA) is 150 Å². The normalized spacial score (nSPS) is 17.0. The van der Waals surface area contributed by atoms with Gasteiger partial charge in [0.1, 0.15) is 11.9 Å². The summed E-state index contributed by atoms with van der Waals surface area (Å²) in [5.74, 6) is 0.244. The molecule has 0 saturated carbocycles.